The van der Waals surface area contributed by atoms with Gasteiger partial charge in [-0.25, -0.2) is 0 Å². The van der Waals surface area contributed by atoms with Crippen LogP contribution in [0.4, 0.5) is 0 Å². The van der Waals surface area contributed by atoms with Crippen LogP contribution in [0.3, 0.4) is 0 Å². The molecule has 2 saturated heterocycles. The number of esters is 1. The molecule has 7 nitrogen and oxygen atoms in total. The molecule has 0 aliphatic carbocycles. The molecule has 0 aromatic rings. The third-order valence-corrected chi connectivity index (χ3v) is 5.60. The number of hydrogen-bond donors (Lipinski definition) is 0. The molecule has 0 unspecified atom stereocenters. The van der Waals surface area contributed by atoms with Gasteiger partial charge in [0.1, 0.15) is 6.10 Å². The number of hydrogen-bond acceptors (Lipinski definition) is 7. The molecule has 0 saturated carbocycles. The normalized spacial score (nSPS) is 25.2. The summed E-state index contributed by atoms with van der Waals surface area (Å²) in [6, 6.07) is 0. The van der Waals surface area contributed by atoms with Crippen LogP contribution in [0.15, 0.2) is 0 Å². The van der Waals surface area contributed by atoms with Crippen molar-refractivity contribution in [3.63, 3.8) is 0 Å². The molecule has 8 heteroatoms. The molecule has 0 aromatic carbocycles. The Balaban J connectivity index is 0.000000535. The Morgan fingerprint density at radius 1 is 0.833 bits per heavy atom. The minimum absolute atomic E-state index is 0.0820. The molecule has 0 N–H and O–H groups in total. The zero-order valence-electron chi connectivity index (χ0n) is 20.5. The van der Waals surface area contributed by atoms with Crippen molar-refractivity contribution in [2.24, 2.45) is 0 Å². The van der Waals surface area contributed by atoms with Crippen molar-refractivity contribution in [1.29, 1.82) is 0 Å². The van der Waals surface area contributed by atoms with Crippen LogP contribution in [0.5, 0.6) is 0 Å². The van der Waals surface area contributed by atoms with E-state index in [1.165, 1.54) is 0 Å². The van der Waals surface area contributed by atoms with E-state index in [1.54, 1.807) is 14.2 Å². The molecule has 0 spiro atoms. The molecule has 0 atom stereocenters. The van der Waals surface area contributed by atoms with Gasteiger partial charge >= 0.3 is 19.5 Å². The van der Waals surface area contributed by atoms with Crippen LogP contribution in [-0.2, 0) is 38.7 Å². The molecule has 30 heavy (non-hydrogen) atoms. The van der Waals surface area contributed by atoms with Gasteiger partial charge in [0, 0.05) is 35.0 Å². The Morgan fingerprint density at radius 3 is 1.43 bits per heavy atom. The molecule has 2 fully saturated rings. The van der Waals surface area contributed by atoms with Gasteiger partial charge in [-0.3, -0.25) is 11.7 Å². The third-order valence-electron chi connectivity index (χ3n) is 5.60. The van der Waals surface area contributed by atoms with Crippen molar-refractivity contribution in [2.75, 3.05) is 14.2 Å². The maximum atomic E-state index is 10.9. The van der Waals surface area contributed by atoms with Crippen LogP contribution in [0.25, 0.3) is 0 Å². The Morgan fingerprint density at radius 2 is 1.17 bits per heavy atom. The summed E-state index contributed by atoms with van der Waals surface area (Å²) in [7, 11) is 3.44. The summed E-state index contributed by atoms with van der Waals surface area (Å²) in [5, 5.41) is 4.09. The van der Waals surface area contributed by atoms with E-state index >= 15 is 0 Å². The third kappa shape index (κ3) is 7.87. The molecule has 181 valence electrons. The monoisotopic (exact) mass is 473 g/mol. The molecule has 2 rings (SSSR count). The van der Waals surface area contributed by atoms with E-state index in [2.05, 4.69) is 89.5 Å². The van der Waals surface area contributed by atoms with E-state index in [9.17, 15) is 4.79 Å². The van der Waals surface area contributed by atoms with Crippen LogP contribution in [0.1, 0.15) is 81.1 Å². The number of hydroxylamine groups is 4. The van der Waals surface area contributed by atoms with Crippen LogP contribution in [-0.4, -0.2) is 58.6 Å². The second kappa shape index (κ2) is 11.4. The van der Waals surface area contributed by atoms with E-state index in [1.807, 2.05) is 5.06 Å². The average Bonchev–Trinajstić information content (AvgIpc) is 2.53. The first-order valence-electron chi connectivity index (χ1n) is 10.3. The first-order valence-corrected chi connectivity index (χ1v) is 10.7. The van der Waals surface area contributed by atoms with Crippen molar-refractivity contribution < 1.29 is 38.7 Å². The second-order valence-corrected chi connectivity index (χ2v) is 10.4. The first kappa shape index (κ1) is 29.5. The topological polar surface area (TPSA) is 68.3 Å². The fourth-order valence-corrected chi connectivity index (χ4v) is 5.19. The summed E-state index contributed by atoms with van der Waals surface area (Å²) >= 11 is 2.31. The summed E-state index contributed by atoms with van der Waals surface area (Å²) in [6.07, 6.45) is 5.99. The van der Waals surface area contributed by atoms with Crippen LogP contribution in [0, 0.1) is 13.3 Å². The molecule has 0 bridgehead atoms. The average molecular weight is 474 g/mol. The van der Waals surface area contributed by atoms with Crippen molar-refractivity contribution in [3.8, 4) is 0 Å². The SMILES string of the molecule is CON1C(C)(C)C[CH-]CC1(C)C.[CH2-]C(=O)OC1CC(C)(C)N(OC)C(C)(C)C1.[O]=[Co]. The summed E-state index contributed by atoms with van der Waals surface area (Å²) in [5.74, 6) is -0.456. The van der Waals surface area contributed by atoms with Gasteiger partial charge in [-0.15, -0.1) is 0 Å². The zero-order valence-corrected chi connectivity index (χ0v) is 21.5. The van der Waals surface area contributed by atoms with Crippen LogP contribution >= 0.6 is 0 Å². The molecule has 0 radical (unpaired) electrons. The molecule has 2 heterocycles. The number of carbonyl (C=O) groups is 1. The Bertz CT molecular complexity index is 518. The predicted octanol–water partition coefficient (Wildman–Crippen LogP) is 4.23. The van der Waals surface area contributed by atoms with Gasteiger partial charge in [-0.1, -0.05) is 0 Å². The van der Waals surface area contributed by atoms with Gasteiger partial charge in [0.2, 0.25) is 0 Å². The molecular weight excluding hydrogens is 431 g/mol. The van der Waals surface area contributed by atoms with Crippen LogP contribution < -0.4 is 0 Å². The second-order valence-electron chi connectivity index (χ2n) is 10.4. The summed E-state index contributed by atoms with van der Waals surface area (Å²) in [6.45, 7) is 20.5. The fraction of sp³-hybridized carbons (Fsp3) is 0.864. The van der Waals surface area contributed by atoms with Gasteiger partial charge in [-0.2, -0.15) is 23.0 Å². The van der Waals surface area contributed by atoms with Gasteiger partial charge in [0.05, 0.1) is 14.2 Å². The van der Waals surface area contributed by atoms with E-state index < -0.39 is 5.97 Å². The van der Waals surface area contributed by atoms with Crippen molar-refractivity contribution in [1.82, 2.24) is 10.1 Å². The number of nitrogens with zero attached hydrogens (tertiary/aromatic N) is 2. The summed E-state index contributed by atoms with van der Waals surface area (Å²) in [4.78, 5) is 21.8. The summed E-state index contributed by atoms with van der Waals surface area (Å²) in [5.41, 5.74) is -0.0414. The Kier molecular flexibility index (Phi) is 11.2. The quantitative estimate of drug-likeness (QED) is 0.449. The minimum atomic E-state index is -0.456. The molecule has 0 aromatic heterocycles. The van der Waals surface area contributed by atoms with Gasteiger partial charge in [-0.05, 0) is 55.4 Å². The van der Waals surface area contributed by atoms with E-state index in [4.69, 9.17) is 18.3 Å². The van der Waals surface area contributed by atoms with Crippen molar-refractivity contribution in [3.05, 3.63) is 13.3 Å². The van der Waals surface area contributed by atoms with Crippen molar-refractivity contribution >= 4 is 5.97 Å². The fourth-order valence-electron chi connectivity index (χ4n) is 5.19. The number of carbonyl (C=O) groups excluding carboxylic acids is 1. The van der Waals surface area contributed by atoms with Crippen LogP contribution in [0.2, 0.25) is 0 Å². The maximum absolute atomic E-state index is 10.9. The molecule has 0 amide bonds. The Hall–Kier alpha value is -0.514. The molecule has 2 aliphatic rings. The van der Waals surface area contributed by atoms with E-state index in [0.29, 0.717) is 0 Å². The standard InChI is InChI=1S/C12H22NO3.C10H20NO.Co.O/c1-9(14)16-10-7-11(2,3)13(15-6)12(4,5)8-10;1-9(2)7-6-8-10(3,4)11(9)12-5;;/h10H,1,7-8H2,2-6H3;6H,7-8H2,1-5H3;;/q2*-1;;. The van der Waals surface area contributed by atoms with E-state index in [0.717, 1.165) is 25.7 Å². The van der Waals surface area contributed by atoms with Gasteiger partial charge in [0.25, 0.3) is 0 Å². The first-order chi connectivity index (χ1) is 13.6. The van der Waals surface area contributed by atoms with Gasteiger partial charge in [0.15, 0.2) is 5.97 Å². The van der Waals surface area contributed by atoms with Gasteiger partial charge < -0.3 is 20.8 Å². The van der Waals surface area contributed by atoms with Crippen molar-refractivity contribution in [2.45, 2.75) is 109 Å². The van der Waals surface area contributed by atoms with E-state index in [-0.39, 0.29) is 28.3 Å². The number of piperidine rings is 2. The number of ether oxygens (including phenoxy) is 1. The number of rotatable bonds is 3. The summed E-state index contributed by atoms with van der Waals surface area (Å²) < 4.78 is 13.2. The Labute approximate surface area is 191 Å². The molecule has 2 aliphatic heterocycles. The zero-order chi connectivity index (χ0) is 24.0. The predicted molar refractivity (Wildman–Crippen MR) is 113 cm³/mol. The molecular formula is C22H42CoN2O5-2.